The standard InChI is InChI=1S/C13H18F2N2/c1-10-4-2-3-5-11(10)12(13(14)15)17-8-6-16-7-9-17/h2-5,12-13,16H,6-9H2,1H3/t12-/m0/s1. The summed E-state index contributed by atoms with van der Waals surface area (Å²) in [5.41, 5.74) is 1.70. The summed E-state index contributed by atoms with van der Waals surface area (Å²) in [5.74, 6) is 0. The summed E-state index contributed by atoms with van der Waals surface area (Å²) < 4.78 is 26.6. The van der Waals surface area contributed by atoms with Crippen LogP contribution in [0.3, 0.4) is 0 Å². The molecule has 1 N–H and O–H groups in total. The summed E-state index contributed by atoms with van der Waals surface area (Å²) in [6, 6.07) is 6.67. The van der Waals surface area contributed by atoms with Crippen LogP contribution in [0.15, 0.2) is 24.3 Å². The van der Waals surface area contributed by atoms with Gasteiger partial charge >= 0.3 is 0 Å². The molecular weight excluding hydrogens is 222 g/mol. The number of benzene rings is 1. The maximum Gasteiger partial charge on any atom is 0.258 e. The molecule has 0 radical (unpaired) electrons. The van der Waals surface area contributed by atoms with Crippen molar-refractivity contribution in [3.8, 4) is 0 Å². The van der Waals surface area contributed by atoms with Crippen LogP contribution in [0.4, 0.5) is 8.78 Å². The van der Waals surface area contributed by atoms with Gasteiger partial charge in [-0.05, 0) is 18.1 Å². The first-order chi connectivity index (χ1) is 8.20. The van der Waals surface area contributed by atoms with E-state index in [-0.39, 0.29) is 0 Å². The Morgan fingerprint density at radius 1 is 1.18 bits per heavy atom. The van der Waals surface area contributed by atoms with Gasteiger partial charge in [-0.25, -0.2) is 8.78 Å². The molecular formula is C13H18F2N2. The van der Waals surface area contributed by atoms with Crippen molar-refractivity contribution < 1.29 is 8.78 Å². The van der Waals surface area contributed by atoms with Gasteiger partial charge in [0.05, 0.1) is 6.04 Å². The number of nitrogens with one attached hydrogen (secondary N) is 1. The van der Waals surface area contributed by atoms with Crippen molar-refractivity contribution in [3.05, 3.63) is 35.4 Å². The van der Waals surface area contributed by atoms with Crippen LogP contribution in [0.1, 0.15) is 17.2 Å². The van der Waals surface area contributed by atoms with Gasteiger partial charge in [0.1, 0.15) is 0 Å². The Bertz CT molecular complexity index is 362. The van der Waals surface area contributed by atoms with E-state index in [9.17, 15) is 8.78 Å². The third kappa shape index (κ3) is 2.82. The Kier molecular flexibility index (Phi) is 4.07. The van der Waals surface area contributed by atoms with Gasteiger partial charge in [-0.3, -0.25) is 4.90 Å². The van der Waals surface area contributed by atoms with Crippen molar-refractivity contribution in [1.29, 1.82) is 0 Å². The molecule has 1 saturated heterocycles. The van der Waals surface area contributed by atoms with Gasteiger partial charge < -0.3 is 5.32 Å². The van der Waals surface area contributed by atoms with Crippen LogP contribution in [-0.4, -0.2) is 37.5 Å². The van der Waals surface area contributed by atoms with Crippen LogP contribution in [0.5, 0.6) is 0 Å². The lowest BCUT2D eigenvalue weighted by Crippen LogP contribution is -2.47. The Hall–Kier alpha value is -1.00. The molecule has 1 heterocycles. The van der Waals surface area contributed by atoms with Gasteiger partial charge in [0.2, 0.25) is 0 Å². The zero-order valence-corrected chi connectivity index (χ0v) is 10.00. The van der Waals surface area contributed by atoms with E-state index in [4.69, 9.17) is 0 Å². The van der Waals surface area contributed by atoms with E-state index < -0.39 is 12.5 Å². The highest BCUT2D eigenvalue weighted by Gasteiger charge is 2.30. The highest BCUT2D eigenvalue weighted by atomic mass is 19.3. The second kappa shape index (κ2) is 5.56. The number of rotatable bonds is 3. The van der Waals surface area contributed by atoms with E-state index >= 15 is 0 Å². The summed E-state index contributed by atoms with van der Waals surface area (Å²) in [6.07, 6.45) is -2.34. The molecule has 0 unspecified atom stereocenters. The topological polar surface area (TPSA) is 15.3 Å². The minimum atomic E-state index is -2.34. The minimum Gasteiger partial charge on any atom is -0.314 e. The molecule has 2 nitrogen and oxygen atoms in total. The summed E-state index contributed by atoms with van der Waals surface area (Å²) >= 11 is 0. The van der Waals surface area contributed by atoms with E-state index in [1.54, 1.807) is 0 Å². The molecule has 2 rings (SSSR count). The van der Waals surface area contributed by atoms with Crippen LogP contribution in [0, 0.1) is 6.92 Å². The Morgan fingerprint density at radius 2 is 1.82 bits per heavy atom. The second-order valence-corrected chi connectivity index (χ2v) is 4.42. The number of nitrogens with zero attached hydrogens (tertiary/aromatic N) is 1. The number of piperazine rings is 1. The molecule has 0 spiro atoms. The molecule has 0 saturated carbocycles. The molecule has 1 atom stereocenters. The van der Waals surface area contributed by atoms with Crippen molar-refractivity contribution in [1.82, 2.24) is 10.2 Å². The van der Waals surface area contributed by atoms with Gasteiger partial charge in [-0.1, -0.05) is 24.3 Å². The monoisotopic (exact) mass is 240 g/mol. The number of hydrogen-bond donors (Lipinski definition) is 1. The maximum absolute atomic E-state index is 13.3. The fraction of sp³-hybridized carbons (Fsp3) is 0.538. The van der Waals surface area contributed by atoms with Crippen molar-refractivity contribution >= 4 is 0 Å². The largest absolute Gasteiger partial charge is 0.314 e. The van der Waals surface area contributed by atoms with Gasteiger partial charge in [0, 0.05) is 26.2 Å². The highest BCUT2D eigenvalue weighted by Crippen LogP contribution is 2.29. The summed E-state index contributed by atoms with van der Waals surface area (Å²) in [5, 5.41) is 3.19. The molecule has 1 aliphatic heterocycles. The zero-order chi connectivity index (χ0) is 12.3. The first-order valence-electron chi connectivity index (χ1n) is 5.98. The summed E-state index contributed by atoms with van der Waals surface area (Å²) in [4.78, 5) is 1.88. The smallest absolute Gasteiger partial charge is 0.258 e. The molecule has 4 heteroatoms. The van der Waals surface area contributed by atoms with Crippen molar-refractivity contribution in [2.24, 2.45) is 0 Å². The lowest BCUT2D eigenvalue weighted by molar-refractivity contribution is 0.0178. The van der Waals surface area contributed by atoms with Crippen molar-refractivity contribution in [2.45, 2.75) is 19.4 Å². The SMILES string of the molecule is Cc1ccccc1[C@@H](C(F)F)N1CCNCC1. The molecule has 17 heavy (non-hydrogen) atoms. The number of alkyl halides is 2. The lowest BCUT2D eigenvalue weighted by atomic mass is 10.00. The third-order valence-electron chi connectivity index (χ3n) is 3.29. The molecule has 1 fully saturated rings. The van der Waals surface area contributed by atoms with Crippen molar-refractivity contribution in [3.63, 3.8) is 0 Å². The quantitative estimate of drug-likeness (QED) is 0.871. The summed E-state index contributed by atoms with van der Waals surface area (Å²) in [7, 11) is 0. The fourth-order valence-corrected chi connectivity index (χ4v) is 2.37. The van der Waals surface area contributed by atoms with E-state index in [1.807, 2.05) is 36.1 Å². The van der Waals surface area contributed by atoms with Gasteiger partial charge in [0.15, 0.2) is 0 Å². The molecule has 94 valence electrons. The first kappa shape index (κ1) is 12.5. The predicted molar refractivity (Wildman–Crippen MR) is 64.4 cm³/mol. The van der Waals surface area contributed by atoms with Gasteiger partial charge in [0.25, 0.3) is 6.43 Å². The van der Waals surface area contributed by atoms with Crippen molar-refractivity contribution in [2.75, 3.05) is 26.2 Å². The van der Waals surface area contributed by atoms with E-state index in [0.717, 1.165) is 24.2 Å². The normalized spacial score (nSPS) is 19.5. The van der Waals surface area contributed by atoms with E-state index in [0.29, 0.717) is 13.1 Å². The first-order valence-corrected chi connectivity index (χ1v) is 5.98. The molecule has 0 amide bonds. The average molecular weight is 240 g/mol. The summed E-state index contributed by atoms with van der Waals surface area (Å²) in [6.45, 7) is 4.84. The molecule has 0 aromatic heterocycles. The highest BCUT2D eigenvalue weighted by molar-refractivity contribution is 5.29. The van der Waals surface area contributed by atoms with Gasteiger partial charge in [-0.2, -0.15) is 0 Å². The number of halogens is 2. The zero-order valence-electron chi connectivity index (χ0n) is 10.00. The average Bonchev–Trinajstić information content (AvgIpc) is 2.33. The third-order valence-corrected chi connectivity index (χ3v) is 3.29. The molecule has 1 aliphatic rings. The maximum atomic E-state index is 13.3. The molecule has 1 aromatic carbocycles. The van der Waals surface area contributed by atoms with Crippen LogP contribution in [0.25, 0.3) is 0 Å². The Morgan fingerprint density at radius 3 is 2.41 bits per heavy atom. The van der Waals surface area contributed by atoms with Crippen LogP contribution >= 0.6 is 0 Å². The molecule has 0 bridgehead atoms. The second-order valence-electron chi connectivity index (χ2n) is 4.42. The van der Waals surface area contributed by atoms with Crippen LogP contribution in [0.2, 0.25) is 0 Å². The van der Waals surface area contributed by atoms with Gasteiger partial charge in [-0.15, -0.1) is 0 Å². The predicted octanol–water partition coefficient (Wildman–Crippen LogP) is 2.21. The number of aryl methyl sites for hydroxylation is 1. The minimum absolute atomic E-state index is 0.684. The van der Waals surface area contributed by atoms with E-state index in [1.165, 1.54) is 0 Å². The number of hydrogen-bond acceptors (Lipinski definition) is 2. The van der Waals surface area contributed by atoms with Crippen LogP contribution < -0.4 is 5.32 Å². The molecule has 0 aliphatic carbocycles. The Labute approximate surface area is 101 Å². The van der Waals surface area contributed by atoms with Crippen LogP contribution in [-0.2, 0) is 0 Å². The van der Waals surface area contributed by atoms with E-state index in [2.05, 4.69) is 5.32 Å². The Balaban J connectivity index is 2.25. The molecule has 1 aromatic rings. The lowest BCUT2D eigenvalue weighted by Gasteiger charge is -2.35. The fourth-order valence-electron chi connectivity index (χ4n) is 2.37.